The van der Waals surface area contributed by atoms with E-state index >= 15 is 0 Å². The molecule has 5 rings (SSSR count). The van der Waals surface area contributed by atoms with Gasteiger partial charge >= 0.3 is 0 Å². The van der Waals surface area contributed by atoms with Gasteiger partial charge < -0.3 is 0 Å². The fourth-order valence-electron chi connectivity index (χ4n) is 6.28. The number of hydrogen-bond donors (Lipinski definition) is 0. The van der Waals surface area contributed by atoms with Crippen molar-refractivity contribution < 1.29 is 0 Å². The molecule has 36 heavy (non-hydrogen) atoms. The Balaban J connectivity index is 1.63. The Kier molecular flexibility index (Phi) is 5.94. The molecule has 0 spiro atoms. The lowest BCUT2D eigenvalue weighted by molar-refractivity contribution is 0.569. The van der Waals surface area contributed by atoms with Crippen LogP contribution < -0.4 is 0 Å². The first kappa shape index (κ1) is 24.8. The first-order valence-electron chi connectivity index (χ1n) is 13.6. The third kappa shape index (κ3) is 4.30. The number of hydrogen-bond acceptors (Lipinski definition) is 0. The van der Waals surface area contributed by atoms with E-state index in [4.69, 9.17) is 0 Å². The lowest BCUT2D eigenvalue weighted by Gasteiger charge is -2.27. The second kappa shape index (κ2) is 8.62. The summed E-state index contributed by atoms with van der Waals surface area (Å²) in [5.74, 6) is 0.842. The van der Waals surface area contributed by atoms with Gasteiger partial charge in [-0.15, -0.1) is 0 Å². The predicted octanol–water partition coefficient (Wildman–Crippen LogP) is 10.2. The third-order valence-corrected chi connectivity index (χ3v) is 8.39. The standard InChI is InChI=1S/C36H42/c1-22-16-25-12-10-13-29(32(25)17-22)24(3)34-23(2)18-33-30(14-11-15-31(33)34)26-19-27(35(4,5)6)21-28(20-26)36(7,8)9/h10-15,17-21,24,34H,16H2,1-9H3. The summed E-state index contributed by atoms with van der Waals surface area (Å²) in [6.45, 7) is 21.0. The van der Waals surface area contributed by atoms with Crippen LogP contribution in [0.15, 0.2) is 65.7 Å². The van der Waals surface area contributed by atoms with Crippen LogP contribution in [0.5, 0.6) is 0 Å². The van der Waals surface area contributed by atoms with Gasteiger partial charge in [0.25, 0.3) is 0 Å². The van der Waals surface area contributed by atoms with E-state index in [-0.39, 0.29) is 10.8 Å². The van der Waals surface area contributed by atoms with Gasteiger partial charge in [0.05, 0.1) is 0 Å². The molecular weight excluding hydrogens is 432 g/mol. The second-order valence-corrected chi connectivity index (χ2v) is 13.3. The molecule has 0 saturated heterocycles. The molecule has 0 radical (unpaired) electrons. The average Bonchev–Trinajstić information content (AvgIpc) is 3.34. The van der Waals surface area contributed by atoms with Gasteiger partial charge in [-0.25, -0.2) is 0 Å². The maximum atomic E-state index is 2.47. The van der Waals surface area contributed by atoms with Gasteiger partial charge in [-0.05, 0) is 87.1 Å². The van der Waals surface area contributed by atoms with E-state index < -0.39 is 0 Å². The normalized spacial score (nSPS) is 18.0. The van der Waals surface area contributed by atoms with E-state index in [0.717, 1.165) is 6.42 Å². The summed E-state index contributed by atoms with van der Waals surface area (Å²) >= 11 is 0. The van der Waals surface area contributed by atoms with Crippen molar-refractivity contribution in [1.29, 1.82) is 0 Å². The second-order valence-electron chi connectivity index (χ2n) is 13.3. The molecule has 2 unspecified atom stereocenters. The van der Waals surface area contributed by atoms with Crippen LogP contribution in [0.1, 0.15) is 113 Å². The predicted molar refractivity (Wildman–Crippen MR) is 158 cm³/mol. The molecule has 0 heterocycles. The number of benzene rings is 3. The number of allylic oxidation sites excluding steroid dienone is 2. The Bertz CT molecular complexity index is 1360. The van der Waals surface area contributed by atoms with Gasteiger partial charge in [-0.3, -0.25) is 0 Å². The molecule has 0 nitrogen and oxygen atoms in total. The third-order valence-electron chi connectivity index (χ3n) is 8.39. The lowest BCUT2D eigenvalue weighted by Crippen LogP contribution is -2.16. The van der Waals surface area contributed by atoms with E-state index in [1.807, 2.05) is 0 Å². The molecule has 0 fully saturated rings. The highest BCUT2D eigenvalue weighted by Gasteiger charge is 2.32. The molecule has 2 aliphatic carbocycles. The summed E-state index contributed by atoms with van der Waals surface area (Å²) in [5.41, 5.74) is 16.0. The minimum absolute atomic E-state index is 0.107. The van der Waals surface area contributed by atoms with Crippen LogP contribution in [0.3, 0.4) is 0 Å². The Labute approximate surface area is 219 Å². The van der Waals surface area contributed by atoms with Crippen molar-refractivity contribution >= 4 is 12.2 Å². The summed E-state index contributed by atoms with van der Waals surface area (Å²) < 4.78 is 0. The maximum absolute atomic E-state index is 2.47. The smallest absolute Gasteiger partial charge is 0.0121 e. The van der Waals surface area contributed by atoms with Gasteiger partial charge in [-0.1, -0.05) is 126 Å². The summed E-state index contributed by atoms with van der Waals surface area (Å²) in [7, 11) is 0. The van der Waals surface area contributed by atoms with E-state index in [1.165, 1.54) is 61.2 Å². The Morgan fingerprint density at radius 2 is 1.39 bits per heavy atom. The molecule has 0 aromatic heterocycles. The molecule has 0 bridgehead atoms. The van der Waals surface area contributed by atoms with E-state index in [2.05, 4.69) is 129 Å². The highest BCUT2D eigenvalue weighted by molar-refractivity contribution is 5.83. The first-order chi connectivity index (χ1) is 16.8. The van der Waals surface area contributed by atoms with Crippen molar-refractivity contribution in [3.8, 4) is 11.1 Å². The highest BCUT2D eigenvalue weighted by Crippen LogP contribution is 2.49. The molecule has 3 aromatic rings. The van der Waals surface area contributed by atoms with Gasteiger partial charge in [-0.2, -0.15) is 0 Å². The number of fused-ring (bicyclic) bond motifs is 2. The topological polar surface area (TPSA) is 0 Å². The zero-order chi connectivity index (χ0) is 26.0. The van der Waals surface area contributed by atoms with Crippen LogP contribution in [0.4, 0.5) is 0 Å². The Hall–Kier alpha value is -2.86. The van der Waals surface area contributed by atoms with E-state index in [0.29, 0.717) is 11.8 Å². The molecule has 0 N–H and O–H groups in total. The van der Waals surface area contributed by atoms with Crippen LogP contribution in [-0.4, -0.2) is 0 Å². The zero-order valence-electron chi connectivity index (χ0n) is 23.7. The average molecular weight is 475 g/mol. The van der Waals surface area contributed by atoms with E-state index in [9.17, 15) is 0 Å². The number of rotatable bonds is 3. The molecule has 0 saturated carbocycles. The fraction of sp³-hybridized carbons (Fsp3) is 0.389. The minimum Gasteiger partial charge on any atom is -0.0683 e. The summed E-state index contributed by atoms with van der Waals surface area (Å²) in [6.07, 6.45) is 5.98. The van der Waals surface area contributed by atoms with Gasteiger partial charge in [0, 0.05) is 5.92 Å². The van der Waals surface area contributed by atoms with Crippen LogP contribution >= 0.6 is 0 Å². The molecular formula is C36H42. The van der Waals surface area contributed by atoms with Crippen LogP contribution in [0.25, 0.3) is 23.3 Å². The van der Waals surface area contributed by atoms with Crippen molar-refractivity contribution in [2.45, 2.75) is 91.4 Å². The lowest BCUT2D eigenvalue weighted by atomic mass is 9.77. The Morgan fingerprint density at radius 3 is 2.03 bits per heavy atom. The maximum Gasteiger partial charge on any atom is 0.0121 e. The zero-order valence-corrected chi connectivity index (χ0v) is 23.7. The van der Waals surface area contributed by atoms with Crippen molar-refractivity contribution in [1.82, 2.24) is 0 Å². The summed E-state index contributed by atoms with van der Waals surface area (Å²) in [4.78, 5) is 0. The van der Waals surface area contributed by atoms with E-state index in [1.54, 1.807) is 0 Å². The SMILES string of the molecule is CC1=Cc2c(cccc2C(C)C2C(C)=Cc3c(-c4cc(C(C)(C)C)cc(C(C)(C)C)c4)cccc32)C1. The molecule has 2 atom stereocenters. The van der Waals surface area contributed by atoms with Crippen molar-refractivity contribution in [2.75, 3.05) is 0 Å². The summed E-state index contributed by atoms with van der Waals surface area (Å²) in [6, 6.07) is 21.2. The van der Waals surface area contributed by atoms with Crippen molar-refractivity contribution in [2.24, 2.45) is 0 Å². The van der Waals surface area contributed by atoms with Crippen LogP contribution in [0.2, 0.25) is 0 Å². The molecule has 0 aliphatic heterocycles. The Morgan fingerprint density at radius 1 is 0.750 bits per heavy atom. The molecule has 3 aromatic carbocycles. The summed E-state index contributed by atoms with van der Waals surface area (Å²) in [5, 5.41) is 0. The monoisotopic (exact) mass is 474 g/mol. The first-order valence-corrected chi connectivity index (χ1v) is 13.6. The molecule has 0 heteroatoms. The molecule has 2 aliphatic rings. The van der Waals surface area contributed by atoms with Crippen LogP contribution in [0, 0.1) is 0 Å². The molecule has 186 valence electrons. The van der Waals surface area contributed by atoms with Gasteiger partial charge in [0.2, 0.25) is 0 Å². The van der Waals surface area contributed by atoms with Gasteiger partial charge in [0.15, 0.2) is 0 Å². The van der Waals surface area contributed by atoms with Gasteiger partial charge in [0.1, 0.15) is 0 Å². The largest absolute Gasteiger partial charge is 0.0683 e. The highest BCUT2D eigenvalue weighted by atomic mass is 14.4. The fourth-order valence-corrected chi connectivity index (χ4v) is 6.28. The minimum atomic E-state index is 0.107. The van der Waals surface area contributed by atoms with Crippen LogP contribution in [-0.2, 0) is 17.3 Å². The quantitative estimate of drug-likeness (QED) is 0.354. The molecule has 0 amide bonds. The van der Waals surface area contributed by atoms with Crippen molar-refractivity contribution in [3.05, 3.63) is 105 Å². The van der Waals surface area contributed by atoms with Crippen molar-refractivity contribution in [3.63, 3.8) is 0 Å².